The van der Waals surface area contributed by atoms with E-state index in [0.717, 1.165) is 36.4 Å². The highest BCUT2D eigenvalue weighted by Gasteiger charge is 2.30. The van der Waals surface area contributed by atoms with E-state index < -0.39 is 23.4 Å². The zero-order valence-electron chi connectivity index (χ0n) is 10.5. The van der Waals surface area contributed by atoms with Crippen LogP contribution in [0.5, 0.6) is 11.5 Å². The molecule has 0 aliphatic rings. The first-order valence-corrected chi connectivity index (χ1v) is 5.76. The van der Waals surface area contributed by atoms with Crippen molar-refractivity contribution >= 4 is 5.84 Å². The Labute approximate surface area is 117 Å². The van der Waals surface area contributed by atoms with Crippen LogP contribution in [0, 0.1) is 11.2 Å². The molecule has 0 atom stereocenters. The second kappa shape index (κ2) is 5.43. The zero-order chi connectivity index (χ0) is 15.6. The Bertz CT molecular complexity index is 666. The third-order valence-corrected chi connectivity index (χ3v) is 2.64. The monoisotopic (exact) mass is 298 g/mol. The molecule has 2 rings (SSSR count). The largest absolute Gasteiger partial charge is 0.457 e. The fourth-order valence-corrected chi connectivity index (χ4v) is 1.64. The van der Waals surface area contributed by atoms with Crippen LogP contribution in [0.4, 0.5) is 17.6 Å². The number of nitrogen functional groups attached to an aromatic ring is 1. The molecule has 3 N–H and O–H groups in total. The number of alkyl halides is 3. The van der Waals surface area contributed by atoms with E-state index in [1.54, 1.807) is 0 Å². The van der Waals surface area contributed by atoms with Gasteiger partial charge in [0, 0.05) is 0 Å². The van der Waals surface area contributed by atoms with Crippen LogP contribution in [0.3, 0.4) is 0 Å². The molecule has 0 aliphatic heterocycles. The molecule has 0 spiro atoms. The van der Waals surface area contributed by atoms with Crippen LogP contribution in [0.1, 0.15) is 11.1 Å². The minimum absolute atomic E-state index is 0.0231. The number of nitrogens with two attached hydrogens (primary N) is 1. The second-order valence-electron chi connectivity index (χ2n) is 4.18. The summed E-state index contributed by atoms with van der Waals surface area (Å²) in [6, 6.07) is 7.38. The number of rotatable bonds is 3. The molecular weight excluding hydrogens is 288 g/mol. The number of halogens is 4. The molecular formula is C14H10F4N2O. The summed E-state index contributed by atoms with van der Waals surface area (Å²) in [5.41, 5.74) is 4.52. The van der Waals surface area contributed by atoms with Crippen LogP contribution in [0.15, 0.2) is 42.5 Å². The van der Waals surface area contributed by atoms with Crippen molar-refractivity contribution in [3.8, 4) is 11.5 Å². The van der Waals surface area contributed by atoms with Crippen molar-refractivity contribution in [2.24, 2.45) is 5.73 Å². The van der Waals surface area contributed by atoms with Gasteiger partial charge < -0.3 is 10.5 Å². The maximum Gasteiger partial charge on any atom is 0.416 e. The van der Waals surface area contributed by atoms with Crippen LogP contribution in [-0.4, -0.2) is 5.84 Å². The van der Waals surface area contributed by atoms with Crippen molar-refractivity contribution in [3.63, 3.8) is 0 Å². The Kier molecular flexibility index (Phi) is 3.84. The first-order valence-electron chi connectivity index (χ1n) is 5.76. The van der Waals surface area contributed by atoms with E-state index in [0.29, 0.717) is 0 Å². The molecule has 2 aromatic carbocycles. The molecule has 2 aromatic rings. The first-order chi connectivity index (χ1) is 9.77. The number of ether oxygens (including phenoxy) is 1. The lowest BCUT2D eigenvalue weighted by molar-refractivity contribution is -0.137. The summed E-state index contributed by atoms with van der Waals surface area (Å²) in [6.07, 6.45) is -4.43. The molecule has 0 saturated carbocycles. The Morgan fingerprint density at radius 1 is 1.05 bits per heavy atom. The Morgan fingerprint density at radius 3 is 2.19 bits per heavy atom. The van der Waals surface area contributed by atoms with Gasteiger partial charge in [-0.25, -0.2) is 4.39 Å². The lowest BCUT2D eigenvalue weighted by Crippen LogP contribution is -2.12. The number of hydrogen-bond acceptors (Lipinski definition) is 2. The summed E-state index contributed by atoms with van der Waals surface area (Å²) in [6.45, 7) is 0. The van der Waals surface area contributed by atoms with E-state index in [-0.39, 0.29) is 17.1 Å². The minimum Gasteiger partial charge on any atom is -0.457 e. The van der Waals surface area contributed by atoms with Gasteiger partial charge in [-0.2, -0.15) is 13.2 Å². The normalized spacial score (nSPS) is 11.2. The van der Waals surface area contributed by atoms with Gasteiger partial charge in [-0.1, -0.05) is 0 Å². The molecule has 0 radical (unpaired) electrons. The number of nitrogens with one attached hydrogen (secondary N) is 1. The summed E-state index contributed by atoms with van der Waals surface area (Å²) in [7, 11) is 0. The number of hydrogen-bond donors (Lipinski definition) is 2. The van der Waals surface area contributed by atoms with Gasteiger partial charge in [0.05, 0.1) is 11.1 Å². The van der Waals surface area contributed by atoms with Crippen molar-refractivity contribution in [1.82, 2.24) is 0 Å². The molecule has 0 fully saturated rings. The first kappa shape index (κ1) is 14.8. The van der Waals surface area contributed by atoms with Crippen molar-refractivity contribution in [2.75, 3.05) is 0 Å². The van der Waals surface area contributed by atoms with E-state index >= 15 is 0 Å². The summed E-state index contributed by atoms with van der Waals surface area (Å²) in [5, 5.41) is 7.34. The highest BCUT2D eigenvalue weighted by molar-refractivity contribution is 5.97. The predicted octanol–water partition coefficient (Wildman–Crippen LogP) is 3.92. The van der Waals surface area contributed by atoms with Crippen LogP contribution < -0.4 is 10.5 Å². The lowest BCUT2D eigenvalue weighted by atomic mass is 10.1. The SMILES string of the molecule is N=C(N)c1cc(F)ccc1Oc1ccc(C(F)(F)F)cc1. The van der Waals surface area contributed by atoms with Crippen LogP contribution >= 0.6 is 0 Å². The third kappa shape index (κ3) is 3.50. The van der Waals surface area contributed by atoms with Crippen molar-refractivity contribution in [3.05, 3.63) is 59.4 Å². The topological polar surface area (TPSA) is 59.1 Å². The minimum atomic E-state index is -4.43. The van der Waals surface area contributed by atoms with Gasteiger partial charge in [0.1, 0.15) is 23.2 Å². The van der Waals surface area contributed by atoms with Gasteiger partial charge in [-0.3, -0.25) is 5.41 Å². The highest BCUT2D eigenvalue weighted by atomic mass is 19.4. The maximum absolute atomic E-state index is 13.1. The molecule has 0 aliphatic carbocycles. The van der Waals surface area contributed by atoms with Gasteiger partial charge in [0.25, 0.3) is 0 Å². The fourth-order valence-electron chi connectivity index (χ4n) is 1.64. The molecule has 0 amide bonds. The Balaban J connectivity index is 2.28. The van der Waals surface area contributed by atoms with Gasteiger partial charge >= 0.3 is 6.18 Å². The predicted molar refractivity (Wildman–Crippen MR) is 68.9 cm³/mol. The molecule has 110 valence electrons. The quantitative estimate of drug-likeness (QED) is 0.512. The van der Waals surface area contributed by atoms with Crippen LogP contribution in [0.2, 0.25) is 0 Å². The van der Waals surface area contributed by atoms with Gasteiger partial charge in [0.15, 0.2) is 0 Å². The highest BCUT2D eigenvalue weighted by Crippen LogP contribution is 2.32. The van der Waals surface area contributed by atoms with Gasteiger partial charge in [-0.15, -0.1) is 0 Å². The summed E-state index contributed by atoms with van der Waals surface area (Å²) < 4.78 is 55.7. The average molecular weight is 298 g/mol. The number of amidine groups is 1. The summed E-state index contributed by atoms with van der Waals surface area (Å²) in [4.78, 5) is 0. The fraction of sp³-hybridized carbons (Fsp3) is 0.0714. The van der Waals surface area contributed by atoms with Gasteiger partial charge in [-0.05, 0) is 42.5 Å². The van der Waals surface area contributed by atoms with E-state index in [2.05, 4.69) is 0 Å². The molecule has 0 unspecified atom stereocenters. The molecule has 0 heterocycles. The Morgan fingerprint density at radius 2 is 1.67 bits per heavy atom. The van der Waals surface area contributed by atoms with E-state index in [1.165, 1.54) is 6.07 Å². The number of benzene rings is 2. The molecule has 7 heteroatoms. The smallest absolute Gasteiger partial charge is 0.416 e. The third-order valence-electron chi connectivity index (χ3n) is 2.64. The standard InChI is InChI=1S/C14H10F4N2O/c15-9-3-6-12(11(7-9)13(19)20)21-10-4-1-8(2-5-10)14(16,17)18/h1-7H,(H3,19,20). The van der Waals surface area contributed by atoms with Crippen LogP contribution in [0.25, 0.3) is 0 Å². The van der Waals surface area contributed by atoms with E-state index in [9.17, 15) is 17.6 Å². The zero-order valence-corrected chi connectivity index (χ0v) is 10.5. The van der Waals surface area contributed by atoms with Crippen LogP contribution in [-0.2, 0) is 6.18 Å². The lowest BCUT2D eigenvalue weighted by Gasteiger charge is -2.11. The van der Waals surface area contributed by atoms with Crippen molar-refractivity contribution in [1.29, 1.82) is 5.41 Å². The average Bonchev–Trinajstić information content (AvgIpc) is 2.40. The van der Waals surface area contributed by atoms with Crippen molar-refractivity contribution in [2.45, 2.75) is 6.18 Å². The molecule has 21 heavy (non-hydrogen) atoms. The summed E-state index contributed by atoms with van der Waals surface area (Å²) in [5.74, 6) is -0.794. The molecule has 3 nitrogen and oxygen atoms in total. The molecule has 0 saturated heterocycles. The Hall–Kier alpha value is -2.57. The molecule has 0 aromatic heterocycles. The van der Waals surface area contributed by atoms with Gasteiger partial charge in [0.2, 0.25) is 0 Å². The van der Waals surface area contributed by atoms with Crippen molar-refractivity contribution < 1.29 is 22.3 Å². The van der Waals surface area contributed by atoms with E-state index in [4.69, 9.17) is 15.9 Å². The second-order valence-corrected chi connectivity index (χ2v) is 4.18. The summed E-state index contributed by atoms with van der Waals surface area (Å²) >= 11 is 0. The molecule has 0 bridgehead atoms. The maximum atomic E-state index is 13.1. The van der Waals surface area contributed by atoms with E-state index in [1.807, 2.05) is 0 Å².